The summed E-state index contributed by atoms with van der Waals surface area (Å²) in [6, 6.07) is 0. The monoisotopic (exact) mass is 238 g/mol. The van der Waals surface area contributed by atoms with Crippen molar-refractivity contribution in [2.45, 2.75) is 12.0 Å². The highest BCUT2D eigenvalue weighted by Crippen LogP contribution is 2.29. The molecule has 5 nitrogen and oxygen atoms in total. The van der Waals surface area contributed by atoms with Crippen LogP contribution in [0.5, 0.6) is 0 Å². The number of rotatable bonds is 3. The van der Waals surface area contributed by atoms with Crippen LogP contribution in [0, 0.1) is 0 Å². The molecule has 1 N–H and O–H groups in total. The van der Waals surface area contributed by atoms with E-state index in [2.05, 4.69) is 4.74 Å². The van der Waals surface area contributed by atoms with E-state index < -0.39 is 27.0 Å². The first-order valence-corrected chi connectivity index (χ1v) is 5.43. The van der Waals surface area contributed by atoms with Gasteiger partial charge >= 0.3 is 0 Å². The third-order valence-electron chi connectivity index (χ3n) is 2.04. The summed E-state index contributed by atoms with van der Waals surface area (Å²) in [6.45, 7) is 0. The minimum atomic E-state index is -4.36. The van der Waals surface area contributed by atoms with Crippen LogP contribution in [0.15, 0.2) is 23.1 Å². The zero-order valence-electron chi connectivity index (χ0n) is 8.18. The number of hydrogen-bond acceptors (Lipinski definition) is 4. The summed E-state index contributed by atoms with van der Waals surface area (Å²) in [5.74, 6) is -2.22. The number of allylic oxidation sites excluding steroid dienone is 1. The Hall–Kier alpha value is -0.760. The Morgan fingerprint density at radius 2 is 2.13 bits per heavy atom. The molecular weight excluding hydrogens is 227 g/mol. The topological polar surface area (TPSA) is 72.8 Å². The van der Waals surface area contributed by atoms with E-state index >= 15 is 0 Å². The lowest BCUT2D eigenvalue weighted by Crippen LogP contribution is -2.40. The predicted octanol–water partition coefficient (Wildman–Crippen LogP) is 0.655. The summed E-state index contributed by atoms with van der Waals surface area (Å²) >= 11 is 0. The van der Waals surface area contributed by atoms with Crippen molar-refractivity contribution in [3.63, 3.8) is 0 Å². The fourth-order valence-corrected chi connectivity index (χ4v) is 1.73. The molecule has 0 bridgehead atoms. The molecule has 0 heterocycles. The molecule has 0 aromatic carbocycles. The van der Waals surface area contributed by atoms with Gasteiger partial charge in [0.2, 0.25) is 0 Å². The molecule has 0 aliphatic heterocycles. The second-order valence-electron chi connectivity index (χ2n) is 2.94. The van der Waals surface area contributed by atoms with Gasteiger partial charge in [-0.25, -0.2) is 4.39 Å². The first-order chi connectivity index (χ1) is 6.83. The smallest absolute Gasteiger partial charge is 0.294 e. The maximum atomic E-state index is 13.8. The van der Waals surface area contributed by atoms with Crippen LogP contribution in [0.2, 0.25) is 0 Å². The van der Waals surface area contributed by atoms with Gasteiger partial charge in [0.15, 0.2) is 0 Å². The molecule has 0 radical (unpaired) electrons. The lowest BCUT2D eigenvalue weighted by atomic mass is 10.1. The molecule has 0 saturated carbocycles. The zero-order valence-corrected chi connectivity index (χ0v) is 8.99. The van der Waals surface area contributed by atoms with Crippen LogP contribution in [0.1, 0.15) is 0 Å². The molecule has 2 atom stereocenters. The van der Waals surface area contributed by atoms with Gasteiger partial charge in [-0.05, 0) is 18.2 Å². The van der Waals surface area contributed by atoms with E-state index in [1.807, 2.05) is 0 Å². The van der Waals surface area contributed by atoms with Crippen LogP contribution in [0.4, 0.5) is 4.39 Å². The van der Waals surface area contributed by atoms with Gasteiger partial charge in [-0.15, -0.1) is 0 Å². The Morgan fingerprint density at radius 1 is 1.53 bits per heavy atom. The fourth-order valence-electron chi connectivity index (χ4n) is 1.19. The molecule has 1 aliphatic rings. The molecule has 86 valence electrons. The Bertz CT molecular complexity index is 399. The molecule has 1 rings (SSSR count). The van der Waals surface area contributed by atoms with E-state index in [9.17, 15) is 12.8 Å². The van der Waals surface area contributed by atoms with Gasteiger partial charge in [0.1, 0.15) is 6.10 Å². The Labute approximate surface area is 86.9 Å². The average molecular weight is 238 g/mol. The number of ether oxygens (including phenoxy) is 2. The average Bonchev–Trinajstić information content (AvgIpc) is 2.16. The largest absolute Gasteiger partial charge is 0.371 e. The van der Waals surface area contributed by atoms with Gasteiger partial charge in [-0.1, -0.05) is 0 Å². The minimum Gasteiger partial charge on any atom is -0.371 e. The van der Waals surface area contributed by atoms with Gasteiger partial charge in [0.25, 0.3) is 16.0 Å². The van der Waals surface area contributed by atoms with Gasteiger partial charge < -0.3 is 9.47 Å². The predicted molar refractivity (Wildman–Crippen MR) is 50.4 cm³/mol. The fraction of sp³-hybridized carbons (Fsp3) is 0.500. The summed E-state index contributed by atoms with van der Waals surface area (Å²) in [5, 5.41) is 0. The lowest BCUT2D eigenvalue weighted by Gasteiger charge is -2.29. The van der Waals surface area contributed by atoms with Crippen molar-refractivity contribution in [3.05, 3.63) is 23.1 Å². The summed E-state index contributed by atoms with van der Waals surface area (Å²) in [7, 11) is -2.02. The van der Waals surface area contributed by atoms with Crippen molar-refractivity contribution in [2.75, 3.05) is 14.2 Å². The van der Waals surface area contributed by atoms with E-state index in [-0.39, 0.29) is 0 Å². The quantitative estimate of drug-likeness (QED) is 0.731. The lowest BCUT2D eigenvalue weighted by molar-refractivity contribution is -0.150. The van der Waals surface area contributed by atoms with Crippen LogP contribution in [0.3, 0.4) is 0 Å². The normalized spacial score (nSPS) is 31.5. The minimum absolute atomic E-state index is 0.417. The van der Waals surface area contributed by atoms with E-state index in [1.54, 1.807) is 0 Å². The van der Waals surface area contributed by atoms with E-state index in [4.69, 9.17) is 9.29 Å². The third-order valence-corrected chi connectivity index (χ3v) is 2.91. The zero-order chi connectivity index (χ0) is 11.7. The van der Waals surface area contributed by atoms with Crippen LogP contribution in [0.25, 0.3) is 0 Å². The Balaban J connectivity index is 3.10. The Morgan fingerprint density at radius 3 is 2.53 bits per heavy atom. The standard InChI is InChI=1S/C8H11FO5S/c1-13-7-5-6(15(10,11)12)3-4-8(7,9)14-2/h3-5,7H,1-2H3,(H,10,11,12). The number of hydrogen-bond donors (Lipinski definition) is 1. The van der Waals surface area contributed by atoms with Crippen LogP contribution < -0.4 is 0 Å². The Kier molecular flexibility index (Phi) is 3.29. The molecule has 15 heavy (non-hydrogen) atoms. The van der Waals surface area contributed by atoms with E-state index in [0.29, 0.717) is 0 Å². The molecule has 0 saturated heterocycles. The highest BCUT2D eigenvalue weighted by Gasteiger charge is 2.39. The molecule has 1 aliphatic carbocycles. The molecule has 2 unspecified atom stereocenters. The van der Waals surface area contributed by atoms with Crippen molar-refractivity contribution in [2.24, 2.45) is 0 Å². The molecule has 0 aromatic rings. The molecule has 0 aromatic heterocycles. The van der Waals surface area contributed by atoms with Crippen LogP contribution in [-0.2, 0) is 19.6 Å². The molecule has 7 heteroatoms. The van der Waals surface area contributed by atoms with Crippen molar-refractivity contribution in [1.29, 1.82) is 0 Å². The molecule has 0 amide bonds. The maximum Gasteiger partial charge on any atom is 0.294 e. The second-order valence-corrected chi connectivity index (χ2v) is 4.36. The van der Waals surface area contributed by atoms with Crippen molar-refractivity contribution >= 4 is 10.1 Å². The van der Waals surface area contributed by atoms with Crippen molar-refractivity contribution in [1.82, 2.24) is 0 Å². The van der Waals surface area contributed by atoms with Crippen molar-refractivity contribution in [3.8, 4) is 0 Å². The van der Waals surface area contributed by atoms with Crippen LogP contribution >= 0.6 is 0 Å². The van der Waals surface area contributed by atoms with Gasteiger partial charge in [0.05, 0.1) is 4.91 Å². The van der Waals surface area contributed by atoms with E-state index in [0.717, 1.165) is 25.3 Å². The molecule has 0 spiro atoms. The molecular formula is C8H11FO5S. The summed E-state index contributed by atoms with van der Waals surface area (Å²) in [5.41, 5.74) is 0. The first kappa shape index (κ1) is 12.3. The number of methoxy groups -OCH3 is 2. The van der Waals surface area contributed by atoms with Gasteiger partial charge in [-0.3, -0.25) is 4.55 Å². The maximum absolute atomic E-state index is 13.8. The molecule has 0 fully saturated rings. The summed E-state index contributed by atoms with van der Waals surface area (Å²) in [6.07, 6.45) is 1.53. The van der Waals surface area contributed by atoms with Gasteiger partial charge in [-0.2, -0.15) is 8.42 Å². The third kappa shape index (κ3) is 2.43. The summed E-state index contributed by atoms with van der Waals surface area (Å²) in [4.78, 5) is -0.417. The SMILES string of the molecule is COC1C=C(S(=O)(=O)O)C=CC1(F)OC. The highest BCUT2D eigenvalue weighted by atomic mass is 32.2. The van der Waals surface area contributed by atoms with Crippen LogP contribution in [-0.4, -0.2) is 39.1 Å². The summed E-state index contributed by atoms with van der Waals surface area (Å²) < 4.78 is 53.3. The number of halogens is 1. The van der Waals surface area contributed by atoms with Gasteiger partial charge in [0, 0.05) is 14.2 Å². The highest BCUT2D eigenvalue weighted by molar-refractivity contribution is 7.90. The second kappa shape index (κ2) is 4.01. The number of alkyl halides is 1. The first-order valence-electron chi connectivity index (χ1n) is 3.99. The van der Waals surface area contributed by atoms with E-state index in [1.165, 1.54) is 7.11 Å². The van der Waals surface area contributed by atoms with Crippen molar-refractivity contribution < 1.29 is 26.8 Å².